The number of anilines is 1. The highest BCUT2D eigenvalue weighted by Crippen LogP contribution is 2.26. The molecule has 0 radical (unpaired) electrons. The molecular weight excluding hydrogens is 317 g/mol. The molecule has 0 unspecified atom stereocenters. The number of alkyl halides is 3. The van der Waals surface area contributed by atoms with Crippen LogP contribution in [-0.4, -0.2) is 14.7 Å². The molecular formula is C14H9F3N2O2S. The van der Waals surface area contributed by atoms with E-state index in [0.29, 0.717) is 5.69 Å². The molecule has 1 N–H and O–H groups in total. The van der Waals surface area contributed by atoms with Crippen molar-refractivity contribution in [3.63, 3.8) is 0 Å². The number of nitrogens with one attached hydrogen (secondary N) is 1. The van der Waals surface area contributed by atoms with E-state index in [1.54, 1.807) is 0 Å². The molecule has 22 heavy (non-hydrogen) atoms. The quantitative estimate of drug-likeness (QED) is 0.685. The van der Waals surface area contributed by atoms with Gasteiger partial charge in [-0.1, -0.05) is 24.3 Å². The summed E-state index contributed by atoms with van der Waals surface area (Å²) in [4.78, 5) is 2.99. The van der Waals surface area contributed by atoms with E-state index in [4.69, 9.17) is 6.57 Å². The van der Waals surface area contributed by atoms with Gasteiger partial charge in [0.25, 0.3) is 0 Å². The lowest BCUT2D eigenvalue weighted by molar-refractivity contribution is -0.0999. The van der Waals surface area contributed by atoms with Crippen molar-refractivity contribution >= 4 is 21.2 Å². The number of rotatable bonds is 3. The van der Waals surface area contributed by atoms with Crippen LogP contribution < -0.4 is 5.32 Å². The highest BCUT2D eigenvalue weighted by atomic mass is 32.2. The topological polar surface area (TPSA) is 50.5 Å². The fourth-order valence-electron chi connectivity index (χ4n) is 1.72. The van der Waals surface area contributed by atoms with Gasteiger partial charge in [-0.05, 0) is 24.3 Å². The molecule has 0 heterocycles. The van der Waals surface area contributed by atoms with Gasteiger partial charge in [-0.2, -0.15) is 13.2 Å². The van der Waals surface area contributed by atoms with Gasteiger partial charge >= 0.3 is 6.30 Å². The fraction of sp³-hybridized carbons (Fsp3) is 0.0714. The first-order chi connectivity index (χ1) is 10.2. The number of hydrogen-bond donors (Lipinski definition) is 1. The van der Waals surface area contributed by atoms with E-state index in [2.05, 4.69) is 4.85 Å². The molecule has 2 aromatic rings. The van der Waals surface area contributed by atoms with Crippen LogP contribution in [0.1, 0.15) is 0 Å². The average molecular weight is 326 g/mol. The van der Waals surface area contributed by atoms with Gasteiger partial charge in [0.05, 0.1) is 16.4 Å². The number of nitrogens with zero attached hydrogens (tertiary/aromatic N) is 1. The number of sulfone groups is 1. The molecule has 8 heteroatoms. The van der Waals surface area contributed by atoms with Gasteiger partial charge in [-0.25, -0.2) is 13.3 Å². The van der Waals surface area contributed by atoms with Crippen LogP contribution in [-0.2, 0) is 9.84 Å². The maximum absolute atomic E-state index is 12.3. The van der Waals surface area contributed by atoms with E-state index in [9.17, 15) is 21.6 Å². The monoisotopic (exact) mass is 326 g/mol. The van der Waals surface area contributed by atoms with Crippen molar-refractivity contribution in [3.8, 4) is 0 Å². The molecule has 114 valence electrons. The van der Waals surface area contributed by atoms with Crippen molar-refractivity contribution in [2.24, 2.45) is 0 Å². The average Bonchev–Trinajstić information content (AvgIpc) is 2.46. The summed E-state index contributed by atoms with van der Waals surface area (Å²) in [6.07, 6.45) is -4.59. The molecule has 2 aromatic carbocycles. The molecule has 0 atom stereocenters. The van der Waals surface area contributed by atoms with Crippen LogP contribution in [0.2, 0.25) is 0 Å². The second-order valence-electron chi connectivity index (χ2n) is 4.26. The van der Waals surface area contributed by atoms with E-state index in [1.807, 2.05) is 0 Å². The van der Waals surface area contributed by atoms with Crippen LogP contribution in [0.15, 0.2) is 58.3 Å². The Hall–Kier alpha value is -2.53. The maximum atomic E-state index is 12.3. The van der Waals surface area contributed by atoms with Gasteiger partial charge in [0, 0.05) is 5.69 Å². The summed E-state index contributed by atoms with van der Waals surface area (Å²) < 4.78 is 61.1. The van der Waals surface area contributed by atoms with Crippen molar-refractivity contribution in [1.82, 2.24) is 0 Å². The zero-order valence-electron chi connectivity index (χ0n) is 10.9. The Balaban J connectivity index is 2.31. The smallest absolute Gasteiger partial charge is 0.298 e. The van der Waals surface area contributed by atoms with Crippen molar-refractivity contribution in [3.05, 3.63) is 59.9 Å². The predicted octanol–water partition coefficient (Wildman–Crippen LogP) is 4.00. The Bertz CT molecular complexity index is 805. The molecule has 0 aliphatic rings. The van der Waals surface area contributed by atoms with E-state index >= 15 is 0 Å². The number of benzene rings is 2. The van der Waals surface area contributed by atoms with E-state index in [1.165, 1.54) is 29.6 Å². The van der Waals surface area contributed by atoms with Gasteiger partial charge in [0.2, 0.25) is 9.84 Å². The summed E-state index contributed by atoms with van der Waals surface area (Å²) in [5.74, 6) is 0. The Morgan fingerprint density at radius 2 is 1.36 bits per heavy atom. The standard InChI is InChI=1S/C14H9F3N2O2S/c1-18-10-2-6-12(7-3-10)22(20,21)13-8-4-11(5-9-13)19-14(15,16)17/h2-9,19H. The first-order valence-electron chi connectivity index (χ1n) is 5.90. The van der Waals surface area contributed by atoms with E-state index in [-0.39, 0.29) is 15.5 Å². The number of halogens is 3. The third kappa shape index (κ3) is 3.56. The summed E-state index contributed by atoms with van der Waals surface area (Å²) in [7, 11) is -3.84. The lowest BCUT2D eigenvalue weighted by Gasteiger charge is -2.10. The Kier molecular flexibility index (Phi) is 4.10. The molecule has 4 nitrogen and oxygen atoms in total. The second kappa shape index (κ2) is 5.69. The van der Waals surface area contributed by atoms with Crippen molar-refractivity contribution in [1.29, 1.82) is 0 Å². The summed E-state index contributed by atoms with van der Waals surface area (Å²) in [5.41, 5.74) is 0.0403. The van der Waals surface area contributed by atoms with E-state index < -0.39 is 16.1 Å². The van der Waals surface area contributed by atoms with Gasteiger partial charge in [0.1, 0.15) is 0 Å². The Morgan fingerprint density at radius 1 is 0.909 bits per heavy atom. The zero-order chi connectivity index (χ0) is 16.4. The maximum Gasteiger partial charge on any atom is 0.482 e. The van der Waals surface area contributed by atoms with Gasteiger partial charge in [-0.15, -0.1) is 0 Å². The highest BCUT2D eigenvalue weighted by molar-refractivity contribution is 7.91. The van der Waals surface area contributed by atoms with Gasteiger partial charge < -0.3 is 0 Å². The lowest BCUT2D eigenvalue weighted by atomic mass is 10.3. The Morgan fingerprint density at radius 3 is 1.77 bits per heavy atom. The van der Waals surface area contributed by atoms with Crippen molar-refractivity contribution < 1.29 is 21.6 Å². The van der Waals surface area contributed by atoms with Crippen molar-refractivity contribution in [2.75, 3.05) is 5.32 Å². The molecule has 0 spiro atoms. The molecule has 0 fully saturated rings. The zero-order valence-corrected chi connectivity index (χ0v) is 11.7. The van der Waals surface area contributed by atoms with Crippen molar-refractivity contribution in [2.45, 2.75) is 16.1 Å². The molecule has 2 rings (SSSR count). The third-order valence-electron chi connectivity index (χ3n) is 2.73. The normalized spacial score (nSPS) is 11.7. The molecule has 0 aliphatic heterocycles. The van der Waals surface area contributed by atoms with Gasteiger partial charge in [0.15, 0.2) is 5.69 Å². The van der Waals surface area contributed by atoms with Gasteiger partial charge in [-0.3, -0.25) is 5.32 Å². The molecule has 0 bridgehead atoms. The minimum absolute atomic E-state index is 0.0311. The summed E-state index contributed by atoms with van der Waals surface area (Å²) in [6, 6.07) is 9.54. The SMILES string of the molecule is [C-]#[N+]c1ccc(S(=O)(=O)c2ccc(NC(F)(F)F)cc2)cc1. The third-order valence-corrected chi connectivity index (χ3v) is 4.51. The van der Waals surface area contributed by atoms with Crippen LogP contribution in [0.4, 0.5) is 24.5 Å². The Labute approximate surface area is 124 Å². The number of hydrogen-bond acceptors (Lipinski definition) is 3. The van der Waals surface area contributed by atoms with Crippen LogP contribution >= 0.6 is 0 Å². The molecule has 0 aliphatic carbocycles. The van der Waals surface area contributed by atoms with Crippen LogP contribution in [0.5, 0.6) is 0 Å². The van der Waals surface area contributed by atoms with Crippen LogP contribution in [0, 0.1) is 6.57 Å². The first-order valence-corrected chi connectivity index (χ1v) is 7.38. The largest absolute Gasteiger partial charge is 0.482 e. The van der Waals surface area contributed by atoms with E-state index in [0.717, 1.165) is 24.3 Å². The first kappa shape index (κ1) is 15.9. The summed E-state index contributed by atoms with van der Waals surface area (Å²) in [5, 5.41) is 1.29. The predicted molar refractivity (Wildman–Crippen MR) is 74.3 cm³/mol. The highest BCUT2D eigenvalue weighted by Gasteiger charge is 2.27. The molecule has 0 aromatic heterocycles. The lowest BCUT2D eigenvalue weighted by Crippen LogP contribution is -2.20. The molecule has 0 amide bonds. The second-order valence-corrected chi connectivity index (χ2v) is 6.21. The fourth-order valence-corrected chi connectivity index (χ4v) is 2.98. The minimum Gasteiger partial charge on any atom is -0.298 e. The molecule has 0 saturated carbocycles. The van der Waals surface area contributed by atoms with Crippen LogP contribution in [0.25, 0.3) is 4.85 Å². The summed E-state index contributed by atoms with van der Waals surface area (Å²) >= 11 is 0. The summed E-state index contributed by atoms with van der Waals surface area (Å²) in [6.45, 7) is 6.81. The minimum atomic E-state index is -4.59. The molecule has 0 saturated heterocycles. The van der Waals surface area contributed by atoms with Crippen LogP contribution in [0.3, 0.4) is 0 Å².